The zero-order valence-electron chi connectivity index (χ0n) is 14.9. The predicted molar refractivity (Wildman–Crippen MR) is 96.2 cm³/mol. The minimum Gasteiger partial charge on any atom is -0.290 e. The van der Waals surface area contributed by atoms with Crippen LogP contribution in [0.25, 0.3) is 0 Å². The van der Waals surface area contributed by atoms with E-state index < -0.39 is 12.6 Å². The Hall–Kier alpha value is -2.02. The molecule has 0 aromatic carbocycles. The number of hydrogen-bond donors (Lipinski definition) is 0. The third-order valence-electron chi connectivity index (χ3n) is 3.45. The van der Waals surface area contributed by atoms with Crippen LogP contribution in [0, 0.1) is 6.92 Å². The zero-order valence-corrected chi connectivity index (χ0v) is 14.9. The minimum atomic E-state index is -4.19. The summed E-state index contributed by atoms with van der Waals surface area (Å²) in [6, 6.07) is 3.97. The summed E-state index contributed by atoms with van der Waals surface area (Å²) in [6.45, 7) is 5.80. The van der Waals surface area contributed by atoms with Crippen LogP contribution in [0.2, 0.25) is 0 Å². The molecule has 0 radical (unpaired) electrons. The molecule has 0 bridgehead atoms. The van der Waals surface area contributed by atoms with Gasteiger partial charge in [-0.1, -0.05) is 18.2 Å². The number of amidine groups is 1. The van der Waals surface area contributed by atoms with Gasteiger partial charge in [0.25, 0.3) is 0 Å². The number of halogens is 3. The Morgan fingerprint density at radius 1 is 1.28 bits per heavy atom. The second-order valence-electron chi connectivity index (χ2n) is 5.64. The van der Waals surface area contributed by atoms with Crippen LogP contribution in [0.5, 0.6) is 0 Å². The van der Waals surface area contributed by atoms with Crippen LogP contribution in [-0.2, 0) is 6.54 Å². The maximum atomic E-state index is 12.3. The summed E-state index contributed by atoms with van der Waals surface area (Å²) >= 11 is 0. The molecule has 0 amide bonds. The van der Waals surface area contributed by atoms with Crippen molar-refractivity contribution in [2.24, 2.45) is 9.98 Å². The maximum absolute atomic E-state index is 12.3. The smallest absolute Gasteiger partial charge is 0.290 e. The molecule has 0 aliphatic rings. The molecule has 1 aromatic rings. The Morgan fingerprint density at radius 3 is 2.60 bits per heavy atom. The highest BCUT2D eigenvalue weighted by atomic mass is 19.4. The van der Waals surface area contributed by atoms with Crippen molar-refractivity contribution in [2.45, 2.75) is 39.4 Å². The molecule has 25 heavy (non-hydrogen) atoms. The molecule has 4 nitrogen and oxygen atoms in total. The van der Waals surface area contributed by atoms with Gasteiger partial charge in [0.1, 0.15) is 5.84 Å². The molecule has 0 atom stereocenters. The first kappa shape index (κ1) is 21.0. The summed E-state index contributed by atoms with van der Waals surface area (Å²) in [5, 5.41) is 0. The van der Waals surface area contributed by atoms with Gasteiger partial charge < -0.3 is 0 Å². The summed E-state index contributed by atoms with van der Waals surface area (Å²) in [4.78, 5) is 14.3. The predicted octanol–water partition coefficient (Wildman–Crippen LogP) is 4.21. The minimum absolute atomic E-state index is 0.201. The van der Waals surface area contributed by atoms with Crippen molar-refractivity contribution in [1.82, 2.24) is 9.88 Å². The molecule has 0 unspecified atom stereocenters. The second kappa shape index (κ2) is 10.8. The third-order valence-corrected chi connectivity index (χ3v) is 3.45. The second-order valence-corrected chi connectivity index (χ2v) is 5.64. The molecule has 0 spiro atoms. The van der Waals surface area contributed by atoms with Crippen molar-refractivity contribution in [3.63, 3.8) is 0 Å². The number of hydrogen-bond acceptors (Lipinski definition) is 3. The van der Waals surface area contributed by atoms with Crippen LogP contribution in [0.15, 0.2) is 40.5 Å². The first-order valence-corrected chi connectivity index (χ1v) is 8.14. The van der Waals surface area contributed by atoms with Crippen LogP contribution in [0.3, 0.4) is 0 Å². The van der Waals surface area contributed by atoms with E-state index in [0.29, 0.717) is 13.1 Å². The van der Waals surface area contributed by atoms with E-state index in [4.69, 9.17) is 0 Å². The Labute approximate surface area is 147 Å². The molecule has 0 saturated heterocycles. The lowest BCUT2D eigenvalue weighted by Gasteiger charge is -2.18. The highest BCUT2D eigenvalue weighted by Gasteiger charge is 2.27. The van der Waals surface area contributed by atoms with Gasteiger partial charge in [0.15, 0.2) is 0 Å². The number of allylic oxidation sites excluding steroid dienone is 1. The average molecular weight is 354 g/mol. The first-order chi connectivity index (χ1) is 11.8. The van der Waals surface area contributed by atoms with Crippen LogP contribution in [0.1, 0.15) is 31.0 Å². The number of rotatable bonds is 8. The van der Waals surface area contributed by atoms with Gasteiger partial charge in [-0.25, -0.2) is 4.99 Å². The van der Waals surface area contributed by atoms with Crippen molar-refractivity contribution >= 4 is 12.1 Å². The molecule has 1 heterocycles. The average Bonchev–Trinajstić information content (AvgIpc) is 2.56. The molecule has 138 valence electrons. The summed E-state index contributed by atoms with van der Waals surface area (Å²) in [6.07, 6.45) is 2.12. The molecule has 0 fully saturated rings. The highest BCUT2D eigenvalue weighted by Crippen LogP contribution is 2.21. The molecule has 1 rings (SSSR count). The summed E-state index contributed by atoms with van der Waals surface area (Å²) < 4.78 is 36.9. The maximum Gasteiger partial charge on any atom is 0.389 e. The largest absolute Gasteiger partial charge is 0.389 e. The van der Waals surface area contributed by atoms with Crippen LogP contribution in [-0.4, -0.2) is 48.2 Å². The van der Waals surface area contributed by atoms with Gasteiger partial charge in [-0.05, 0) is 25.5 Å². The van der Waals surface area contributed by atoms with E-state index in [1.807, 2.05) is 44.3 Å². The highest BCUT2D eigenvalue weighted by molar-refractivity contribution is 5.89. The molecular formula is C18H25F3N4. The van der Waals surface area contributed by atoms with E-state index in [-0.39, 0.29) is 12.3 Å². The van der Waals surface area contributed by atoms with Gasteiger partial charge in [0, 0.05) is 51.2 Å². The van der Waals surface area contributed by atoms with E-state index >= 15 is 0 Å². The normalized spacial score (nSPS) is 13.5. The van der Waals surface area contributed by atoms with E-state index in [1.54, 1.807) is 6.21 Å². The SMILES string of the molecule is C/C=C\CN(C/C=N\C(CCC(F)(F)F)=N/C)Cc1ccc(C)nc1. The molecule has 0 N–H and O–H groups in total. The standard InChI is InChI=1S/C18H25F3N4/c1-4-5-11-25(14-16-7-6-15(2)24-13-16)12-10-23-17(22-3)8-9-18(19,20)21/h4-7,10,13H,8-9,11-12,14H2,1-3H3/b5-4-,22-17-,23-10-. The van der Waals surface area contributed by atoms with Crippen LogP contribution < -0.4 is 0 Å². The lowest BCUT2D eigenvalue weighted by molar-refractivity contribution is -0.132. The van der Waals surface area contributed by atoms with Gasteiger partial charge >= 0.3 is 6.18 Å². The topological polar surface area (TPSA) is 40.9 Å². The Kier molecular flexibility index (Phi) is 9.05. The fourth-order valence-electron chi connectivity index (χ4n) is 2.06. The van der Waals surface area contributed by atoms with Gasteiger partial charge in [0.05, 0.1) is 6.42 Å². The lowest BCUT2D eigenvalue weighted by atomic mass is 10.2. The van der Waals surface area contributed by atoms with E-state index in [9.17, 15) is 13.2 Å². The molecule has 1 aromatic heterocycles. The summed E-state index contributed by atoms with van der Waals surface area (Å²) in [7, 11) is 1.46. The van der Waals surface area contributed by atoms with Crippen molar-refractivity contribution in [3.8, 4) is 0 Å². The van der Waals surface area contributed by atoms with E-state index in [2.05, 4.69) is 19.9 Å². The van der Waals surface area contributed by atoms with Gasteiger partial charge in [-0.2, -0.15) is 13.2 Å². The molecular weight excluding hydrogens is 329 g/mol. The quantitative estimate of drug-likeness (QED) is 0.399. The fourth-order valence-corrected chi connectivity index (χ4v) is 2.06. The molecule has 0 aliphatic heterocycles. The number of alkyl halides is 3. The Balaban J connectivity index is 2.63. The summed E-state index contributed by atoms with van der Waals surface area (Å²) in [5.74, 6) is 0.209. The lowest BCUT2D eigenvalue weighted by Crippen LogP contribution is -2.25. The monoisotopic (exact) mass is 354 g/mol. The van der Waals surface area contributed by atoms with Gasteiger partial charge in [-0.15, -0.1) is 0 Å². The van der Waals surface area contributed by atoms with Crippen molar-refractivity contribution in [2.75, 3.05) is 20.1 Å². The van der Waals surface area contributed by atoms with Gasteiger partial charge in [-0.3, -0.25) is 14.9 Å². The van der Waals surface area contributed by atoms with Crippen LogP contribution in [0.4, 0.5) is 13.2 Å². The Bertz CT molecular complexity index is 589. The summed E-state index contributed by atoms with van der Waals surface area (Å²) in [5.41, 5.74) is 2.03. The van der Waals surface area contributed by atoms with Crippen molar-refractivity contribution < 1.29 is 13.2 Å². The zero-order chi connectivity index (χ0) is 18.7. The Morgan fingerprint density at radius 2 is 2.04 bits per heavy atom. The number of aliphatic imine (C=N–C) groups is 2. The number of pyridine rings is 1. The molecule has 7 heteroatoms. The first-order valence-electron chi connectivity index (χ1n) is 8.14. The van der Waals surface area contributed by atoms with E-state index in [1.165, 1.54) is 7.05 Å². The third kappa shape index (κ3) is 9.76. The fraction of sp³-hybridized carbons (Fsp3) is 0.500. The molecule has 0 aliphatic carbocycles. The van der Waals surface area contributed by atoms with Crippen molar-refractivity contribution in [3.05, 3.63) is 41.7 Å². The van der Waals surface area contributed by atoms with Crippen LogP contribution >= 0.6 is 0 Å². The number of aromatic nitrogens is 1. The van der Waals surface area contributed by atoms with Gasteiger partial charge in [0.2, 0.25) is 0 Å². The number of aryl methyl sites for hydroxylation is 1. The molecule has 0 saturated carbocycles. The number of nitrogens with zero attached hydrogens (tertiary/aromatic N) is 4. The van der Waals surface area contributed by atoms with E-state index in [0.717, 1.165) is 17.8 Å². The van der Waals surface area contributed by atoms with Crippen molar-refractivity contribution in [1.29, 1.82) is 0 Å².